The zero-order valence-electron chi connectivity index (χ0n) is 11.1. The molecule has 0 N–H and O–H groups in total. The van der Waals surface area contributed by atoms with Crippen molar-refractivity contribution in [2.45, 2.75) is 32.5 Å². The molecule has 1 aliphatic heterocycles. The average molecular weight is 278 g/mol. The fourth-order valence-corrected chi connectivity index (χ4v) is 3.33. The number of aliphatic imine (C=N–C) groups is 1. The van der Waals surface area contributed by atoms with Crippen LogP contribution in [0.4, 0.5) is 6.01 Å². The first-order valence-electron chi connectivity index (χ1n) is 6.15. The lowest BCUT2D eigenvalue weighted by Gasteiger charge is -2.18. The van der Waals surface area contributed by atoms with E-state index in [1.165, 1.54) is 0 Å². The summed E-state index contributed by atoms with van der Waals surface area (Å²) in [5.41, 5.74) is 3.46. The van der Waals surface area contributed by atoms with Gasteiger partial charge in [-0.1, -0.05) is 19.6 Å². The molecule has 1 aromatic rings. The molecule has 1 aromatic heterocycles. The highest BCUT2D eigenvalue weighted by atomic mass is 32.2. The Labute approximate surface area is 113 Å². The Bertz CT molecular complexity index is 479. The lowest BCUT2D eigenvalue weighted by Crippen LogP contribution is -2.18. The first-order chi connectivity index (χ1) is 8.53. The number of oxazole rings is 1. The summed E-state index contributed by atoms with van der Waals surface area (Å²) in [5.74, 6) is 4.98. The van der Waals surface area contributed by atoms with Crippen LogP contribution in [0.5, 0.6) is 0 Å². The fourth-order valence-electron chi connectivity index (χ4n) is 1.59. The van der Waals surface area contributed by atoms with E-state index >= 15 is 0 Å². The maximum absolute atomic E-state index is 5.14. The molecule has 0 aliphatic carbocycles. The Morgan fingerprint density at radius 3 is 3.00 bits per heavy atom. The predicted octanol–water partition coefficient (Wildman–Crippen LogP) is 3.73. The maximum Gasteiger partial charge on any atom is 0.322 e. The number of rotatable bonds is 1. The summed E-state index contributed by atoms with van der Waals surface area (Å²) in [6.45, 7) is 6.83. The van der Waals surface area contributed by atoms with Gasteiger partial charge in [0.15, 0.2) is 0 Å². The molecular weight excluding hydrogens is 260 g/mol. The van der Waals surface area contributed by atoms with Crippen molar-refractivity contribution in [1.82, 2.24) is 4.98 Å². The second-order valence-corrected chi connectivity index (χ2v) is 11.3. The summed E-state index contributed by atoms with van der Waals surface area (Å²) >= 11 is 1.79. The topological polar surface area (TPSA) is 38.4 Å². The van der Waals surface area contributed by atoms with Crippen LogP contribution in [-0.4, -0.2) is 23.9 Å². The second kappa shape index (κ2) is 5.76. The van der Waals surface area contributed by atoms with Crippen molar-refractivity contribution in [3.63, 3.8) is 0 Å². The first-order valence-corrected chi connectivity index (χ1v) is 10.6. The standard InChI is InChI=1S/C13H18N2OSSi/c1-18(2,3)9-5-11-4-8-17-12(10-11)15-13-14-6-7-16-13/h6-7,11H,4,8,10H2,1-3H3. The molecule has 1 atom stereocenters. The van der Waals surface area contributed by atoms with E-state index in [0.717, 1.165) is 23.6 Å². The number of nitrogens with zero attached hydrogens (tertiary/aromatic N) is 2. The maximum atomic E-state index is 5.14. The van der Waals surface area contributed by atoms with Crippen molar-refractivity contribution in [3.8, 4) is 11.5 Å². The van der Waals surface area contributed by atoms with Gasteiger partial charge in [0.05, 0.1) is 11.2 Å². The van der Waals surface area contributed by atoms with E-state index in [2.05, 4.69) is 41.1 Å². The van der Waals surface area contributed by atoms with Gasteiger partial charge in [-0.2, -0.15) is 4.99 Å². The molecule has 96 valence electrons. The summed E-state index contributed by atoms with van der Waals surface area (Å²) in [6.07, 6.45) is 5.27. The Balaban J connectivity index is 2.02. The zero-order valence-corrected chi connectivity index (χ0v) is 12.9. The Morgan fingerprint density at radius 1 is 1.50 bits per heavy atom. The molecular formula is C13H18N2OSSi. The van der Waals surface area contributed by atoms with E-state index < -0.39 is 8.07 Å². The van der Waals surface area contributed by atoms with Crippen LogP contribution >= 0.6 is 11.8 Å². The molecule has 0 spiro atoms. The summed E-state index contributed by atoms with van der Waals surface area (Å²) < 4.78 is 5.14. The van der Waals surface area contributed by atoms with Gasteiger partial charge >= 0.3 is 6.01 Å². The van der Waals surface area contributed by atoms with Crippen molar-refractivity contribution in [2.24, 2.45) is 10.9 Å². The van der Waals surface area contributed by atoms with Crippen LogP contribution in [0.1, 0.15) is 12.8 Å². The van der Waals surface area contributed by atoms with Gasteiger partial charge in [0.1, 0.15) is 14.3 Å². The van der Waals surface area contributed by atoms with Crippen LogP contribution in [0.3, 0.4) is 0 Å². The minimum Gasteiger partial charge on any atom is -0.431 e. The van der Waals surface area contributed by atoms with Gasteiger partial charge in [-0.05, 0) is 6.42 Å². The third kappa shape index (κ3) is 4.35. The van der Waals surface area contributed by atoms with Crippen LogP contribution in [0.2, 0.25) is 19.6 Å². The smallest absolute Gasteiger partial charge is 0.322 e. The molecule has 2 heterocycles. The summed E-state index contributed by atoms with van der Waals surface area (Å²) in [5, 5.41) is 1.10. The van der Waals surface area contributed by atoms with Gasteiger partial charge in [0, 0.05) is 18.1 Å². The average Bonchev–Trinajstić information content (AvgIpc) is 2.79. The van der Waals surface area contributed by atoms with Crippen molar-refractivity contribution in [2.75, 3.05) is 5.75 Å². The minimum absolute atomic E-state index is 0.451. The molecule has 2 rings (SSSR count). The van der Waals surface area contributed by atoms with E-state index in [1.54, 1.807) is 24.2 Å². The number of thioether (sulfide) groups is 1. The Hall–Kier alpha value is -0.993. The summed E-state index contributed by atoms with van der Waals surface area (Å²) in [4.78, 5) is 8.44. The van der Waals surface area contributed by atoms with Crippen LogP contribution < -0.4 is 0 Å². The number of hydrogen-bond donors (Lipinski definition) is 0. The molecule has 0 radical (unpaired) electrons. The van der Waals surface area contributed by atoms with E-state index in [-0.39, 0.29) is 0 Å². The first kappa shape index (κ1) is 13.4. The van der Waals surface area contributed by atoms with Crippen molar-refractivity contribution >= 4 is 30.9 Å². The van der Waals surface area contributed by atoms with Crippen LogP contribution in [0, 0.1) is 17.4 Å². The van der Waals surface area contributed by atoms with Gasteiger partial charge in [-0.3, -0.25) is 0 Å². The molecule has 0 aromatic carbocycles. The molecule has 0 amide bonds. The van der Waals surface area contributed by atoms with Crippen LogP contribution in [0.25, 0.3) is 0 Å². The minimum atomic E-state index is -1.27. The van der Waals surface area contributed by atoms with Crippen molar-refractivity contribution in [1.29, 1.82) is 0 Å². The van der Waals surface area contributed by atoms with E-state index in [1.807, 2.05) is 0 Å². The SMILES string of the molecule is C[Si](C)(C)C#CC1CCSC(=Nc2ncco2)C1. The Kier molecular flexibility index (Phi) is 4.30. The zero-order chi connectivity index (χ0) is 13.0. The predicted molar refractivity (Wildman–Crippen MR) is 79.9 cm³/mol. The highest BCUT2D eigenvalue weighted by Gasteiger charge is 2.18. The molecule has 1 saturated heterocycles. The molecule has 0 saturated carbocycles. The normalized spacial score (nSPS) is 22.6. The van der Waals surface area contributed by atoms with Crippen molar-refractivity contribution < 1.29 is 4.42 Å². The molecule has 1 unspecified atom stereocenters. The molecule has 0 bridgehead atoms. The van der Waals surface area contributed by atoms with Gasteiger partial charge in [0.2, 0.25) is 0 Å². The van der Waals surface area contributed by atoms with E-state index in [9.17, 15) is 0 Å². The third-order valence-corrected chi connectivity index (χ3v) is 4.37. The van der Waals surface area contributed by atoms with E-state index in [0.29, 0.717) is 11.9 Å². The second-order valence-electron chi connectivity index (χ2n) is 5.38. The van der Waals surface area contributed by atoms with Gasteiger partial charge in [-0.15, -0.1) is 23.2 Å². The van der Waals surface area contributed by atoms with Crippen LogP contribution in [-0.2, 0) is 0 Å². The van der Waals surface area contributed by atoms with E-state index in [4.69, 9.17) is 4.42 Å². The lowest BCUT2D eigenvalue weighted by atomic mass is 10.0. The summed E-state index contributed by atoms with van der Waals surface area (Å²) in [6, 6.07) is 0.455. The third-order valence-electron chi connectivity index (χ3n) is 2.45. The fraction of sp³-hybridized carbons (Fsp3) is 0.538. The molecule has 1 fully saturated rings. The van der Waals surface area contributed by atoms with Gasteiger partial charge in [0.25, 0.3) is 0 Å². The summed E-state index contributed by atoms with van der Waals surface area (Å²) in [7, 11) is -1.27. The monoisotopic (exact) mass is 278 g/mol. The van der Waals surface area contributed by atoms with Crippen LogP contribution in [0.15, 0.2) is 21.9 Å². The highest BCUT2D eigenvalue weighted by Crippen LogP contribution is 2.27. The molecule has 5 heteroatoms. The molecule has 18 heavy (non-hydrogen) atoms. The largest absolute Gasteiger partial charge is 0.431 e. The lowest BCUT2D eigenvalue weighted by molar-refractivity contribution is 0.569. The highest BCUT2D eigenvalue weighted by molar-refractivity contribution is 8.14. The Morgan fingerprint density at radius 2 is 2.33 bits per heavy atom. The van der Waals surface area contributed by atoms with Crippen molar-refractivity contribution in [3.05, 3.63) is 12.5 Å². The number of aromatic nitrogens is 1. The molecule has 1 aliphatic rings. The van der Waals surface area contributed by atoms with Gasteiger partial charge < -0.3 is 4.42 Å². The number of hydrogen-bond acceptors (Lipinski definition) is 4. The quantitative estimate of drug-likeness (QED) is 0.580. The molecule has 3 nitrogen and oxygen atoms in total. The van der Waals surface area contributed by atoms with Gasteiger partial charge in [-0.25, -0.2) is 4.98 Å².